The van der Waals surface area contributed by atoms with Gasteiger partial charge in [-0.3, -0.25) is 14.4 Å². The van der Waals surface area contributed by atoms with Crippen LogP contribution < -0.4 is 16.0 Å². The van der Waals surface area contributed by atoms with Crippen LogP contribution in [0.4, 0.5) is 4.79 Å². The van der Waals surface area contributed by atoms with Crippen molar-refractivity contribution in [3.8, 4) is 11.1 Å². The molecule has 0 saturated heterocycles. The number of ether oxygens (including phenoxy) is 3. The van der Waals surface area contributed by atoms with E-state index < -0.39 is 72.9 Å². The van der Waals surface area contributed by atoms with E-state index in [1.54, 1.807) is 20.8 Å². The molecule has 0 radical (unpaired) electrons. The summed E-state index contributed by atoms with van der Waals surface area (Å²) in [6, 6.07) is 43.8. The van der Waals surface area contributed by atoms with E-state index in [1.807, 2.05) is 146 Å². The van der Waals surface area contributed by atoms with E-state index in [1.165, 1.54) is 0 Å². The molecular weight excluding hydrogens is 803 g/mol. The Bertz CT molecular complexity index is 2090. The summed E-state index contributed by atoms with van der Waals surface area (Å²) in [6.45, 7) is 4.27. The average molecular weight is 860 g/mol. The first kappa shape index (κ1) is 47.7. The lowest BCUT2D eigenvalue weighted by Gasteiger charge is -2.27. The van der Waals surface area contributed by atoms with E-state index in [9.17, 15) is 34.5 Å². The number of aliphatic hydroxyl groups is 3. The van der Waals surface area contributed by atoms with Crippen molar-refractivity contribution in [2.24, 2.45) is 0 Å². The number of esters is 1. The largest absolute Gasteiger partial charge is 0.452 e. The lowest BCUT2D eigenvalue weighted by atomic mass is 9.98. The molecule has 0 aromatic heterocycles. The molecule has 13 nitrogen and oxygen atoms in total. The summed E-state index contributed by atoms with van der Waals surface area (Å²) in [4.78, 5) is 52.1. The van der Waals surface area contributed by atoms with Crippen molar-refractivity contribution < 1.29 is 48.7 Å². The van der Waals surface area contributed by atoms with Crippen LogP contribution in [0.25, 0.3) is 11.1 Å². The second-order valence-corrected chi connectivity index (χ2v) is 16.0. The van der Waals surface area contributed by atoms with Crippen LogP contribution in [0.1, 0.15) is 67.9 Å². The Balaban J connectivity index is 0.00000115. The molecule has 3 amide bonds. The lowest BCUT2D eigenvalue weighted by molar-refractivity contribution is -0.147. The predicted molar refractivity (Wildman–Crippen MR) is 238 cm³/mol. The van der Waals surface area contributed by atoms with Crippen molar-refractivity contribution in [1.82, 2.24) is 16.0 Å². The maximum Gasteiger partial charge on any atom is 0.407 e. The molecule has 4 atom stereocenters. The minimum absolute atomic E-state index is 0.0167. The maximum absolute atomic E-state index is 13.5. The second kappa shape index (κ2) is 23.7. The average Bonchev–Trinajstić information content (AvgIpc) is 3.62. The molecule has 6 rings (SSSR count). The molecule has 0 spiro atoms. The molecule has 0 fully saturated rings. The fourth-order valence-electron chi connectivity index (χ4n) is 6.93. The minimum Gasteiger partial charge on any atom is -0.452 e. The molecule has 13 heteroatoms. The number of fused-ring (bicyclic) bond motifs is 3. The summed E-state index contributed by atoms with van der Waals surface area (Å²) < 4.78 is 17.2. The van der Waals surface area contributed by atoms with Crippen LogP contribution in [0.2, 0.25) is 0 Å². The number of carbonyl (C=O) groups excluding carboxylic acids is 4. The first-order valence-electron chi connectivity index (χ1n) is 20.9. The Morgan fingerprint density at radius 3 is 1.67 bits per heavy atom. The van der Waals surface area contributed by atoms with Gasteiger partial charge in [-0.15, -0.1) is 0 Å². The van der Waals surface area contributed by atoms with E-state index in [4.69, 9.17) is 14.2 Å². The zero-order valence-electron chi connectivity index (χ0n) is 35.8. The summed E-state index contributed by atoms with van der Waals surface area (Å²) >= 11 is 0. The van der Waals surface area contributed by atoms with E-state index in [-0.39, 0.29) is 32.1 Å². The molecule has 63 heavy (non-hydrogen) atoms. The van der Waals surface area contributed by atoms with Gasteiger partial charge < -0.3 is 45.5 Å². The van der Waals surface area contributed by atoms with E-state index >= 15 is 0 Å². The minimum atomic E-state index is -1.95. The normalized spacial score (nSPS) is 13.8. The molecule has 1 aliphatic rings. The molecule has 5 aromatic carbocycles. The third-order valence-electron chi connectivity index (χ3n) is 10.1. The van der Waals surface area contributed by atoms with Gasteiger partial charge in [-0.1, -0.05) is 146 Å². The number of hydrogen-bond donors (Lipinski definition) is 6. The monoisotopic (exact) mass is 859 g/mol. The van der Waals surface area contributed by atoms with Gasteiger partial charge in [0, 0.05) is 12.5 Å². The fraction of sp³-hybridized carbons (Fsp3) is 0.320. The molecular formula is C50H57N3O10. The molecule has 5 aromatic rings. The molecule has 0 heterocycles. The van der Waals surface area contributed by atoms with Gasteiger partial charge in [0.2, 0.25) is 5.91 Å². The fourth-order valence-corrected chi connectivity index (χ4v) is 6.93. The maximum atomic E-state index is 13.5. The van der Waals surface area contributed by atoms with Crippen molar-refractivity contribution in [3.05, 3.63) is 168 Å². The number of aliphatic hydroxyl groups excluding tert-OH is 3. The summed E-state index contributed by atoms with van der Waals surface area (Å²) in [5.74, 6) is -2.51. The van der Waals surface area contributed by atoms with E-state index in [0.29, 0.717) is 0 Å². The van der Waals surface area contributed by atoms with Gasteiger partial charge in [0.1, 0.15) is 12.6 Å². The van der Waals surface area contributed by atoms with Crippen molar-refractivity contribution >= 4 is 23.9 Å². The van der Waals surface area contributed by atoms with Crippen molar-refractivity contribution in [2.45, 2.75) is 75.5 Å². The van der Waals surface area contributed by atoms with Crippen molar-refractivity contribution in [3.63, 3.8) is 0 Å². The van der Waals surface area contributed by atoms with Crippen LogP contribution in [-0.2, 0) is 28.6 Å². The van der Waals surface area contributed by atoms with Crippen molar-refractivity contribution in [1.29, 1.82) is 0 Å². The number of carbonyl (C=O) groups is 4. The van der Waals surface area contributed by atoms with E-state index in [0.717, 1.165) is 33.4 Å². The van der Waals surface area contributed by atoms with Crippen LogP contribution in [0, 0.1) is 0 Å². The van der Waals surface area contributed by atoms with Crippen LogP contribution in [-0.4, -0.2) is 95.5 Å². The summed E-state index contributed by atoms with van der Waals surface area (Å²) in [5, 5.41) is 38.9. The van der Waals surface area contributed by atoms with Crippen LogP contribution in [0.15, 0.2) is 146 Å². The van der Waals surface area contributed by atoms with Gasteiger partial charge in [0.05, 0.1) is 37.4 Å². The zero-order valence-corrected chi connectivity index (χ0v) is 35.8. The molecule has 0 saturated carbocycles. The topological polar surface area (TPSA) is 193 Å². The van der Waals surface area contributed by atoms with Crippen LogP contribution in [0.3, 0.4) is 0 Å². The van der Waals surface area contributed by atoms with Gasteiger partial charge in [0.15, 0.2) is 12.2 Å². The Kier molecular flexibility index (Phi) is 18.0. The number of benzene rings is 5. The molecule has 6 N–H and O–H groups in total. The number of hydrogen-bond acceptors (Lipinski definition) is 10. The Hall–Kier alpha value is -6.38. The standard InChI is InChI=1S/C44H51N3O10.C6H6/c1-44(2,3)56-27-36(47-43(54)55-26-35-33-20-12-10-18-31(33)32-19-11-13-21-34(32)35)41(52)46-30(25-48)24-37(49)39(51)42(53)45-23-22-38(50)57-40(28-14-6-4-7-15-28)29-16-8-5-9-17-29;1-2-4-6-5-3-1/h4-21,30,35-37,39-40,48-49,51H,22-27H2,1-3H3,(H,45,53)(H,46,52)(H,47,54);1-6H/t30?,36?,37?,39-;/m0./s1. The highest BCUT2D eigenvalue weighted by atomic mass is 16.6. The Labute approximate surface area is 368 Å². The first-order valence-corrected chi connectivity index (χ1v) is 20.9. The quantitative estimate of drug-likeness (QED) is 0.0585. The summed E-state index contributed by atoms with van der Waals surface area (Å²) in [7, 11) is 0. The molecule has 0 aliphatic heterocycles. The van der Waals surface area contributed by atoms with Gasteiger partial charge >= 0.3 is 12.1 Å². The third-order valence-corrected chi connectivity index (χ3v) is 10.1. The number of amides is 3. The zero-order chi connectivity index (χ0) is 45.2. The highest BCUT2D eigenvalue weighted by Gasteiger charge is 2.32. The SMILES string of the molecule is CC(C)(C)OCC(NC(=O)OCC1c2ccccc2-c2ccccc21)C(=O)NC(CO)CC(O)[C@H](O)C(=O)NCCC(=O)OC(c1ccccc1)c1ccccc1.c1ccccc1. The highest BCUT2D eigenvalue weighted by molar-refractivity contribution is 5.86. The highest BCUT2D eigenvalue weighted by Crippen LogP contribution is 2.44. The lowest BCUT2D eigenvalue weighted by Crippen LogP contribution is -2.54. The van der Waals surface area contributed by atoms with E-state index in [2.05, 4.69) is 16.0 Å². The Morgan fingerprint density at radius 1 is 0.667 bits per heavy atom. The van der Waals surface area contributed by atoms with Crippen LogP contribution >= 0.6 is 0 Å². The Morgan fingerprint density at radius 2 is 1.16 bits per heavy atom. The number of alkyl carbamates (subject to hydrolysis) is 1. The summed E-state index contributed by atoms with van der Waals surface area (Å²) in [6.07, 6.45) is -5.83. The van der Waals surface area contributed by atoms with Crippen LogP contribution in [0.5, 0.6) is 0 Å². The van der Waals surface area contributed by atoms with Gasteiger partial charge in [-0.05, 0) is 60.6 Å². The summed E-state index contributed by atoms with van der Waals surface area (Å²) in [5.41, 5.74) is 5.04. The predicted octanol–water partition coefficient (Wildman–Crippen LogP) is 5.82. The number of nitrogens with one attached hydrogen (secondary N) is 3. The molecule has 332 valence electrons. The van der Waals surface area contributed by atoms with Gasteiger partial charge in [0.25, 0.3) is 5.91 Å². The third kappa shape index (κ3) is 14.6. The smallest absolute Gasteiger partial charge is 0.407 e. The molecule has 1 aliphatic carbocycles. The first-order chi connectivity index (χ1) is 30.3. The van der Waals surface area contributed by atoms with Crippen molar-refractivity contribution in [2.75, 3.05) is 26.4 Å². The number of rotatable bonds is 18. The second-order valence-electron chi connectivity index (χ2n) is 16.0. The van der Waals surface area contributed by atoms with Gasteiger partial charge in [-0.25, -0.2) is 4.79 Å². The van der Waals surface area contributed by atoms with Gasteiger partial charge in [-0.2, -0.15) is 0 Å². The molecule has 0 bridgehead atoms. The molecule has 3 unspecified atom stereocenters.